The van der Waals surface area contributed by atoms with E-state index in [9.17, 15) is 14.7 Å². The van der Waals surface area contributed by atoms with E-state index < -0.39 is 5.97 Å². The largest absolute Gasteiger partial charge is 0.478 e. The van der Waals surface area contributed by atoms with E-state index in [-0.39, 0.29) is 17.5 Å². The number of hydrogen-bond donors (Lipinski definition) is 2. The number of anilines is 1. The fourth-order valence-electron chi connectivity index (χ4n) is 2.11. The Balaban J connectivity index is 2.56. The van der Waals surface area contributed by atoms with Gasteiger partial charge in [-0.3, -0.25) is 0 Å². The average molecular weight is 248 g/mol. The minimum Gasteiger partial charge on any atom is -0.478 e. The summed E-state index contributed by atoms with van der Waals surface area (Å²) in [4.78, 5) is 24.3. The number of amides is 2. The molecule has 18 heavy (non-hydrogen) atoms. The number of nitrogens with zero attached hydrogens (tertiary/aromatic N) is 1. The molecule has 1 aromatic carbocycles. The van der Waals surface area contributed by atoms with Gasteiger partial charge in [0.25, 0.3) is 0 Å². The molecule has 0 unspecified atom stereocenters. The second-order valence-corrected chi connectivity index (χ2v) is 4.84. The van der Waals surface area contributed by atoms with Crippen molar-refractivity contribution in [2.24, 2.45) is 0 Å². The van der Waals surface area contributed by atoms with Crippen molar-refractivity contribution in [2.45, 2.75) is 26.3 Å². The lowest BCUT2D eigenvalue weighted by atomic mass is 9.93. The molecule has 0 saturated heterocycles. The summed E-state index contributed by atoms with van der Waals surface area (Å²) in [7, 11) is 1.71. The number of carboxylic acid groups (broad SMARTS) is 1. The van der Waals surface area contributed by atoms with Gasteiger partial charge in [0.15, 0.2) is 0 Å². The van der Waals surface area contributed by atoms with Crippen LogP contribution < -0.4 is 5.32 Å². The first-order valence-corrected chi connectivity index (χ1v) is 5.82. The molecule has 0 aliphatic carbocycles. The highest BCUT2D eigenvalue weighted by Gasteiger charge is 2.23. The number of carbonyl (C=O) groups excluding carboxylic acids is 1. The van der Waals surface area contributed by atoms with E-state index in [1.54, 1.807) is 18.0 Å². The van der Waals surface area contributed by atoms with Crippen LogP contribution in [-0.4, -0.2) is 29.1 Å². The number of benzene rings is 1. The second kappa shape index (κ2) is 4.33. The lowest BCUT2D eigenvalue weighted by molar-refractivity contribution is 0.0695. The van der Waals surface area contributed by atoms with Crippen LogP contribution in [0.2, 0.25) is 0 Å². The molecule has 0 aromatic heterocycles. The van der Waals surface area contributed by atoms with Crippen LogP contribution in [0.3, 0.4) is 0 Å². The minimum atomic E-state index is -0.963. The van der Waals surface area contributed by atoms with E-state index in [4.69, 9.17) is 0 Å². The molecule has 2 N–H and O–H groups in total. The molecule has 5 heteroatoms. The Hall–Kier alpha value is -2.04. The van der Waals surface area contributed by atoms with Crippen molar-refractivity contribution in [1.29, 1.82) is 0 Å². The molecular formula is C13H16N2O3. The number of hydrogen-bond acceptors (Lipinski definition) is 2. The summed E-state index contributed by atoms with van der Waals surface area (Å²) in [5.41, 5.74) is 2.60. The van der Waals surface area contributed by atoms with Gasteiger partial charge in [-0.25, -0.2) is 9.59 Å². The van der Waals surface area contributed by atoms with Gasteiger partial charge in [-0.1, -0.05) is 19.9 Å². The van der Waals surface area contributed by atoms with Gasteiger partial charge in [0, 0.05) is 19.3 Å². The molecule has 0 radical (unpaired) electrons. The van der Waals surface area contributed by atoms with E-state index in [0.29, 0.717) is 12.2 Å². The van der Waals surface area contributed by atoms with Crippen molar-refractivity contribution in [1.82, 2.24) is 4.90 Å². The van der Waals surface area contributed by atoms with Gasteiger partial charge in [-0.05, 0) is 23.1 Å². The smallest absolute Gasteiger partial charge is 0.336 e. The quantitative estimate of drug-likeness (QED) is 0.844. The van der Waals surface area contributed by atoms with Gasteiger partial charge in [-0.2, -0.15) is 0 Å². The van der Waals surface area contributed by atoms with E-state index in [1.165, 1.54) is 0 Å². The fourth-order valence-corrected chi connectivity index (χ4v) is 2.11. The molecule has 0 bridgehead atoms. The molecule has 1 aliphatic rings. The number of urea groups is 1. The maximum atomic E-state index is 11.5. The Morgan fingerprint density at radius 2 is 2.11 bits per heavy atom. The SMILES string of the molecule is CC(C)c1cc2c(cc1C(=O)O)NC(=O)N(C)C2. The van der Waals surface area contributed by atoms with Crippen LogP contribution in [0.25, 0.3) is 0 Å². The summed E-state index contributed by atoms with van der Waals surface area (Å²) in [5.74, 6) is -0.834. The fraction of sp³-hybridized carbons (Fsp3) is 0.385. The number of carboxylic acids is 1. The van der Waals surface area contributed by atoms with Gasteiger partial charge >= 0.3 is 12.0 Å². The molecule has 1 heterocycles. The van der Waals surface area contributed by atoms with Crippen LogP contribution in [0.4, 0.5) is 10.5 Å². The number of rotatable bonds is 2. The molecular weight excluding hydrogens is 232 g/mol. The van der Waals surface area contributed by atoms with Crippen molar-refractivity contribution >= 4 is 17.7 Å². The topological polar surface area (TPSA) is 69.6 Å². The molecule has 1 aromatic rings. The third-order valence-corrected chi connectivity index (χ3v) is 3.12. The van der Waals surface area contributed by atoms with Crippen LogP contribution in [0.1, 0.15) is 41.3 Å². The first kappa shape index (κ1) is 12.4. The summed E-state index contributed by atoms with van der Waals surface area (Å²) < 4.78 is 0. The van der Waals surface area contributed by atoms with Crippen molar-refractivity contribution < 1.29 is 14.7 Å². The predicted molar refractivity (Wildman–Crippen MR) is 68.0 cm³/mol. The van der Waals surface area contributed by atoms with Crippen molar-refractivity contribution in [2.75, 3.05) is 12.4 Å². The Morgan fingerprint density at radius 1 is 1.44 bits per heavy atom. The molecule has 0 fully saturated rings. The number of aromatic carboxylic acids is 1. The highest BCUT2D eigenvalue weighted by molar-refractivity contribution is 5.96. The van der Waals surface area contributed by atoms with Crippen molar-refractivity contribution in [3.8, 4) is 0 Å². The third kappa shape index (κ3) is 2.03. The van der Waals surface area contributed by atoms with Crippen LogP contribution in [0.5, 0.6) is 0 Å². The van der Waals surface area contributed by atoms with E-state index in [2.05, 4.69) is 5.32 Å². The molecule has 2 amide bonds. The molecule has 0 atom stereocenters. The van der Waals surface area contributed by atoms with Gasteiger partial charge in [0.05, 0.1) is 5.56 Å². The van der Waals surface area contributed by atoms with E-state index >= 15 is 0 Å². The van der Waals surface area contributed by atoms with Crippen LogP contribution in [0.15, 0.2) is 12.1 Å². The summed E-state index contributed by atoms with van der Waals surface area (Å²) in [6.45, 7) is 4.42. The highest BCUT2D eigenvalue weighted by Crippen LogP contribution is 2.30. The molecule has 96 valence electrons. The number of nitrogens with one attached hydrogen (secondary N) is 1. The molecule has 2 rings (SSSR count). The maximum Gasteiger partial charge on any atom is 0.336 e. The summed E-state index contributed by atoms with van der Waals surface area (Å²) in [6.07, 6.45) is 0. The van der Waals surface area contributed by atoms with Crippen LogP contribution in [0, 0.1) is 0 Å². The van der Waals surface area contributed by atoms with Gasteiger partial charge in [0.1, 0.15) is 0 Å². The Bertz CT molecular complexity index is 523. The normalized spacial score (nSPS) is 14.4. The molecule has 5 nitrogen and oxygen atoms in total. The molecule has 0 saturated carbocycles. The van der Waals surface area contributed by atoms with Crippen LogP contribution in [-0.2, 0) is 6.54 Å². The zero-order valence-corrected chi connectivity index (χ0v) is 10.7. The highest BCUT2D eigenvalue weighted by atomic mass is 16.4. The monoisotopic (exact) mass is 248 g/mol. The van der Waals surface area contributed by atoms with Gasteiger partial charge in [0.2, 0.25) is 0 Å². The van der Waals surface area contributed by atoms with Gasteiger partial charge in [-0.15, -0.1) is 0 Å². The summed E-state index contributed by atoms with van der Waals surface area (Å²) >= 11 is 0. The molecule has 1 aliphatic heterocycles. The van der Waals surface area contributed by atoms with Crippen molar-refractivity contribution in [3.05, 3.63) is 28.8 Å². The van der Waals surface area contributed by atoms with E-state index in [1.807, 2.05) is 19.9 Å². The third-order valence-electron chi connectivity index (χ3n) is 3.12. The van der Waals surface area contributed by atoms with Crippen LogP contribution >= 0.6 is 0 Å². The molecule has 0 spiro atoms. The number of carbonyl (C=O) groups is 2. The van der Waals surface area contributed by atoms with Crippen molar-refractivity contribution in [3.63, 3.8) is 0 Å². The minimum absolute atomic E-state index is 0.129. The summed E-state index contributed by atoms with van der Waals surface area (Å²) in [6, 6.07) is 3.22. The zero-order valence-electron chi connectivity index (χ0n) is 10.7. The standard InChI is InChI=1S/C13H16N2O3/c1-7(2)9-4-8-6-15(3)13(18)14-11(8)5-10(9)12(16)17/h4-5,7H,6H2,1-3H3,(H,14,18)(H,16,17). The lowest BCUT2D eigenvalue weighted by Gasteiger charge is -2.27. The van der Waals surface area contributed by atoms with E-state index in [0.717, 1.165) is 11.1 Å². The Kier molecular flexibility index (Phi) is 2.98. The lowest BCUT2D eigenvalue weighted by Crippen LogP contribution is -2.35. The predicted octanol–water partition coefficient (Wildman–Crippen LogP) is 2.49. The zero-order chi connectivity index (χ0) is 13.4. The maximum absolute atomic E-state index is 11.5. The first-order chi connectivity index (χ1) is 8.40. The van der Waals surface area contributed by atoms with Gasteiger partial charge < -0.3 is 15.3 Å². The Labute approximate surface area is 105 Å². The second-order valence-electron chi connectivity index (χ2n) is 4.84. The first-order valence-electron chi connectivity index (χ1n) is 5.82. The Morgan fingerprint density at radius 3 is 2.67 bits per heavy atom. The average Bonchev–Trinajstić information content (AvgIpc) is 2.28. The summed E-state index contributed by atoms with van der Waals surface area (Å²) in [5, 5.41) is 11.9. The number of fused-ring (bicyclic) bond motifs is 1.